The van der Waals surface area contributed by atoms with Gasteiger partial charge in [0.25, 0.3) is 5.78 Å². The number of aromatic nitrogens is 4. The van der Waals surface area contributed by atoms with Crippen molar-refractivity contribution in [3.63, 3.8) is 0 Å². The number of nitrogens with one attached hydrogen (secondary N) is 2. The standard InChI is InChI=1S/C18H17N5O3/c1-3-26-16(24)11-4-6-12(7-5-11)19-17-21-18-20-14-10-13(25-2)8-9-15(14)23(18)22-17/h4-10H,3H2,1-2H3,(H2,19,20,21,22). The lowest BCUT2D eigenvalue weighted by Gasteiger charge is -2.04. The number of H-pyrrole nitrogens is 1. The van der Waals surface area contributed by atoms with E-state index >= 15 is 0 Å². The molecule has 0 saturated carbocycles. The Balaban J connectivity index is 1.58. The summed E-state index contributed by atoms with van der Waals surface area (Å²) in [4.78, 5) is 20.6. The fraction of sp³-hybridized carbons (Fsp3) is 0.167. The van der Waals surface area contributed by atoms with Gasteiger partial charge in [0.05, 0.1) is 30.3 Å². The molecule has 0 saturated heterocycles. The van der Waals surface area contributed by atoms with Crippen molar-refractivity contribution in [1.29, 1.82) is 0 Å². The van der Waals surface area contributed by atoms with E-state index in [2.05, 4.69) is 20.4 Å². The molecule has 0 fully saturated rings. The van der Waals surface area contributed by atoms with Gasteiger partial charge in [-0.3, -0.25) is 5.10 Å². The highest BCUT2D eigenvalue weighted by Gasteiger charge is 2.11. The summed E-state index contributed by atoms with van der Waals surface area (Å²) in [6.45, 7) is 2.13. The molecular formula is C18H17N5O3. The van der Waals surface area contributed by atoms with Gasteiger partial charge in [-0.2, -0.15) is 4.98 Å². The van der Waals surface area contributed by atoms with Gasteiger partial charge in [0.1, 0.15) is 5.75 Å². The number of aromatic amines is 1. The number of hydrogen-bond donors (Lipinski definition) is 2. The van der Waals surface area contributed by atoms with Gasteiger partial charge in [0.2, 0.25) is 5.95 Å². The number of imidazole rings is 1. The third kappa shape index (κ3) is 2.81. The molecule has 0 radical (unpaired) electrons. The summed E-state index contributed by atoms with van der Waals surface area (Å²) in [7, 11) is 1.62. The molecule has 0 bridgehead atoms. The summed E-state index contributed by atoms with van der Waals surface area (Å²) in [5.74, 6) is 1.52. The summed E-state index contributed by atoms with van der Waals surface area (Å²) in [5, 5.41) is 6.32. The highest BCUT2D eigenvalue weighted by molar-refractivity contribution is 5.89. The number of carbonyl (C=O) groups excluding carboxylic acids is 1. The minimum Gasteiger partial charge on any atom is -0.497 e. The number of nitrogens with zero attached hydrogens (tertiary/aromatic N) is 3. The second-order valence-electron chi connectivity index (χ2n) is 5.60. The van der Waals surface area contributed by atoms with Crippen molar-refractivity contribution in [3.8, 4) is 5.75 Å². The molecule has 2 heterocycles. The van der Waals surface area contributed by atoms with E-state index < -0.39 is 0 Å². The number of hydrogen-bond acceptors (Lipinski definition) is 6. The second-order valence-corrected chi connectivity index (χ2v) is 5.60. The quantitative estimate of drug-likeness (QED) is 0.537. The Morgan fingerprint density at radius 2 is 2.00 bits per heavy atom. The van der Waals surface area contributed by atoms with E-state index in [4.69, 9.17) is 9.47 Å². The maximum absolute atomic E-state index is 11.7. The lowest BCUT2D eigenvalue weighted by atomic mass is 10.2. The Labute approximate surface area is 148 Å². The molecule has 0 aliphatic rings. The zero-order valence-electron chi connectivity index (χ0n) is 14.3. The number of methoxy groups -OCH3 is 1. The molecule has 0 unspecified atom stereocenters. The Morgan fingerprint density at radius 3 is 2.73 bits per heavy atom. The van der Waals surface area contributed by atoms with Crippen LogP contribution in [0.25, 0.3) is 16.8 Å². The summed E-state index contributed by atoms with van der Waals surface area (Å²) >= 11 is 0. The van der Waals surface area contributed by atoms with Crippen molar-refractivity contribution < 1.29 is 14.3 Å². The largest absolute Gasteiger partial charge is 0.497 e. The molecule has 0 aliphatic carbocycles. The zero-order chi connectivity index (χ0) is 18.1. The number of ether oxygens (including phenoxy) is 2. The van der Waals surface area contributed by atoms with Crippen LogP contribution in [0.2, 0.25) is 0 Å². The molecule has 4 rings (SSSR count). The molecule has 0 amide bonds. The van der Waals surface area contributed by atoms with Crippen LogP contribution in [-0.4, -0.2) is 39.3 Å². The maximum Gasteiger partial charge on any atom is 0.338 e. The Hall–Kier alpha value is -3.55. The molecule has 2 N–H and O–H groups in total. The third-order valence-corrected chi connectivity index (χ3v) is 3.93. The molecule has 0 aliphatic heterocycles. The monoisotopic (exact) mass is 351 g/mol. The van der Waals surface area contributed by atoms with Crippen LogP contribution in [0.5, 0.6) is 5.75 Å². The highest BCUT2D eigenvalue weighted by atomic mass is 16.5. The first-order valence-electron chi connectivity index (χ1n) is 8.14. The first-order valence-corrected chi connectivity index (χ1v) is 8.14. The lowest BCUT2D eigenvalue weighted by Crippen LogP contribution is -2.04. The smallest absolute Gasteiger partial charge is 0.338 e. The van der Waals surface area contributed by atoms with Gasteiger partial charge >= 0.3 is 5.97 Å². The fourth-order valence-corrected chi connectivity index (χ4v) is 2.69. The highest BCUT2D eigenvalue weighted by Crippen LogP contribution is 2.22. The van der Waals surface area contributed by atoms with Crippen LogP contribution in [0.3, 0.4) is 0 Å². The molecule has 0 spiro atoms. The average molecular weight is 351 g/mol. The van der Waals surface area contributed by atoms with E-state index in [-0.39, 0.29) is 5.97 Å². The zero-order valence-corrected chi connectivity index (χ0v) is 14.3. The van der Waals surface area contributed by atoms with Crippen LogP contribution in [-0.2, 0) is 4.74 Å². The Kier molecular flexibility index (Phi) is 3.92. The lowest BCUT2D eigenvalue weighted by molar-refractivity contribution is 0.0526. The molecule has 2 aromatic carbocycles. The second kappa shape index (κ2) is 6.40. The van der Waals surface area contributed by atoms with Gasteiger partial charge in [-0.1, -0.05) is 0 Å². The van der Waals surface area contributed by atoms with Gasteiger partial charge in [0, 0.05) is 11.8 Å². The van der Waals surface area contributed by atoms with Gasteiger partial charge < -0.3 is 14.8 Å². The van der Waals surface area contributed by atoms with E-state index in [0.29, 0.717) is 23.9 Å². The fourth-order valence-electron chi connectivity index (χ4n) is 2.69. The van der Waals surface area contributed by atoms with Gasteiger partial charge in [-0.05, 0) is 43.3 Å². The predicted molar refractivity (Wildman–Crippen MR) is 97.1 cm³/mol. The van der Waals surface area contributed by atoms with Gasteiger partial charge in [0.15, 0.2) is 0 Å². The van der Waals surface area contributed by atoms with Crippen LogP contribution in [0.4, 0.5) is 11.6 Å². The normalized spacial score (nSPS) is 11.0. The number of anilines is 2. The van der Waals surface area contributed by atoms with Crippen LogP contribution in [0, 0.1) is 0 Å². The Morgan fingerprint density at radius 1 is 1.19 bits per heavy atom. The van der Waals surface area contributed by atoms with Gasteiger partial charge in [-0.25, -0.2) is 14.3 Å². The Bertz CT molecular complexity index is 1080. The topological polar surface area (TPSA) is 93.5 Å². The van der Waals surface area contributed by atoms with Crippen molar-refractivity contribution in [1.82, 2.24) is 19.6 Å². The molecule has 8 nitrogen and oxygen atoms in total. The van der Waals surface area contributed by atoms with Crippen molar-refractivity contribution in [2.45, 2.75) is 6.92 Å². The minimum atomic E-state index is -0.336. The number of esters is 1. The predicted octanol–water partition coefficient (Wildman–Crippen LogP) is 3.14. The SMILES string of the molecule is CCOC(=O)c1ccc(Nc2nc3nc4cc(OC)ccc4n3[nH]2)cc1. The molecule has 2 aromatic heterocycles. The minimum absolute atomic E-state index is 0.336. The number of carbonyl (C=O) groups is 1. The van der Waals surface area contributed by atoms with Gasteiger partial charge in [-0.15, -0.1) is 0 Å². The summed E-state index contributed by atoms with van der Waals surface area (Å²) in [6, 6.07) is 12.6. The average Bonchev–Trinajstić information content (AvgIpc) is 3.18. The van der Waals surface area contributed by atoms with Crippen molar-refractivity contribution in [3.05, 3.63) is 48.0 Å². The van der Waals surface area contributed by atoms with E-state index in [0.717, 1.165) is 22.5 Å². The third-order valence-electron chi connectivity index (χ3n) is 3.93. The van der Waals surface area contributed by atoms with E-state index in [1.165, 1.54) is 0 Å². The van der Waals surface area contributed by atoms with Crippen LogP contribution < -0.4 is 10.1 Å². The number of benzene rings is 2. The summed E-state index contributed by atoms with van der Waals surface area (Å²) in [6.07, 6.45) is 0. The first-order chi connectivity index (χ1) is 12.7. The summed E-state index contributed by atoms with van der Waals surface area (Å²) in [5.41, 5.74) is 3.00. The summed E-state index contributed by atoms with van der Waals surface area (Å²) < 4.78 is 12.0. The van der Waals surface area contributed by atoms with E-state index in [9.17, 15) is 4.79 Å². The number of rotatable bonds is 5. The van der Waals surface area contributed by atoms with Crippen LogP contribution in [0.15, 0.2) is 42.5 Å². The molecule has 0 atom stereocenters. The number of fused-ring (bicyclic) bond motifs is 3. The van der Waals surface area contributed by atoms with Crippen LogP contribution in [0.1, 0.15) is 17.3 Å². The molecule has 4 aromatic rings. The van der Waals surface area contributed by atoms with Crippen LogP contribution >= 0.6 is 0 Å². The maximum atomic E-state index is 11.7. The van der Waals surface area contributed by atoms with E-state index in [1.54, 1.807) is 42.8 Å². The molecular weight excluding hydrogens is 334 g/mol. The van der Waals surface area contributed by atoms with Crippen molar-refractivity contribution in [2.24, 2.45) is 0 Å². The molecule has 8 heteroatoms. The molecule has 132 valence electrons. The first kappa shape index (κ1) is 15.9. The van der Waals surface area contributed by atoms with E-state index in [1.807, 2.05) is 18.2 Å². The van der Waals surface area contributed by atoms with Crippen molar-refractivity contribution >= 4 is 34.4 Å². The molecule has 26 heavy (non-hydrogen) atoms. The van der Waals surface area contributed by atoms with Crippen molar-refractivity contribution in [2.75, 3.05) is 19.0 Å².